The zero-order valence-electron chi connectivity index (χ0n) is 24.9. The summed E-state index contributed by atoms with van der Waals surface area (Å²) in [5, 5.41) is 7.72. The first-order chi connectivity index (χ1) is 22.8. The predicted molar refractivity (Wildman–Crippen MR) is 196 cm³/mol. The molecule has 1 aliphatic rings. The van der Waals surface area contributed by atoms with Crippen molar-refractivity contribution in [3.63, 3.8) is 0 Å². The highest BCUT2D eigenvalue weighted by Gasteiger charge is 2.22. The van der Waals surface area contributed by atoms with Crippen LogP contribution in [0.4, 0.5) is 0 Å². The van der Waals surface area contributed by atoms with Gasteiger partial charge < -0.3 is 4.57 Å². The summed E-state index contributed by atoms with van der Waals surface area (Å²) < 4.78 is 2.49. The fourth-order valence-electron chi connectivity index (χ4n) is 7.58. The van der Waals surface area contributed by atoms with Crippen LogP contribution in [-0.2, 0) is 0 Å². The van der Waals surface area contributed by atoms with Crippen molar-refractivity contribution in [2.24, 2.45) is 0 Å². The molecular weight excluding hydrogens is 575 g/mol. The van der Waals surface area contributed by atoms with Gasteiger partial charge in [0.2, 0.25) is 0 Å². The first-order valence-electron chi connectivity index (χ1n) is 15.8. The van der Waals surface area contributed by atoms with Gasteiger partial charge in [-0.1, -0.05) is 145 Å². The molecule has 0 saturated heterocycles. The Labute approximate surface area is 271 Å². The third-order valence-electron chi connectivity index (χ3n) is 9.59. The summed E-state index contributed by atoms with van der Waals surface area (Å²) in [5.41, 5.74) is 11.2. The summed E-state index contributed by atoms with van der Waals surface area (Å²) in [4.78, 5) is 2.64. The van der Waals surface area contributed by atoms with Crippen LogP contribution in [0, 0.1) is 0 Å². The van der Waals surface area contributed by atoms with Gasteiger partial charge in [0.05, 0.1) is 16.7 Å². The Balaban J connectivity index is 1.22. The average molecular weight is 602 g/mol. The fraction of sp³-hybridized carbons (Fsp3) is 0. The number of aromatic nitrogens is 1. The quantitative estimate of drug-likeness (QED) is 0.195. The molecule has 0 aliphatic carbocycles. The monoisotopic (exact) mass is 601 g/mol. The topological polar surface area (TPSA) is 4.93 Å². The first kappa shape index (κ1) is 25.7. The highest BCUT2D eigenvalue weighted by Crippen LogP contribution is 2.49. The Morgan fingerprint density at radius 2 is 1.09 bits per heavy atom. The molecule has 9 aromatic rings. The van der Waals surface area contributed by atoms with Crippen molar-refractivity contribution in [2.45, 2.75) is 9.79 Å². The van der Waals surface area contributed by atoms with Gasteiger partial charge in [-0.3, -0.25) is 0 Å². The van der Waals surface area contributed by atoms with Crippen molar-refractivity contribution in [1.82, 2.24) is 4.57 Å². The smallest absolute Gasteiger partial charge is 0.0619 e. The molecule has 2 heteroatoms. The third-order valence-corrected chi connectivity index (χ3v) is 10.7. The second-order valence-electron chi connectivity index (χ2n) is 12.1. The van der Waals surface area contributed by atoms with Gasteiger partial charge in [0.1, 0.15) is 0 Å². The summed E-state index contributed by atoms with van der Waals surface area (Å²) in [7, 11) is 0. The molecule has 0 spiro atoms. The highest BCUT2D eigenvalue weighted by atomic mass is 32.2. The average Bonchev–Trinajstić information content (AvgIpc) is 3.47. The lowest BCUT2D eigenvalue weighted by molar-refractivity contribution is 1.19. The molecule has 1 aliphatic heterocycles. The van der Waals surface area contributed by atoms with E-state index in [1.54, 1.807) is 0 Å². The minimum atomic E-state index is 1.18. The van der Waals surface area contributed by atoms with E-state index in [9.17, 15) is 0 Å². The molecule has 0 atom stereocenters. The van der Waals surface area contributed by atoms with Crippen LogP contribution in [0.15, 0.2) is 174 Å². The second kappa shape index (κ2) is 9.97. The zero-order chi connectivity index (χ0) is 30.2. The molecule has 0 unspecified atom stereocenters. The summed E-state index contributed by atoms with van der Waals surface area (Å²) in [5.74, 6) is 0. The van der Waals surface area contributed by atoms with Gasteiger partial charge in [0.25, 0.3) is 0 Å². The Bertz CT molecular complexity index is 2670. The Morgan fingerprint density at radius 3 is 2.00 bits per heavy atom. The van der Waals surface area contributed by atoms with E-state index in [4.69, 9.17) is 0 Å². The van der Waals surface area contributed by atoms with Crippen LogP contribution < -0.4 is 0 Å². The van der Waals surface area contributed by atoms with Crippen molar-refractivity contribution in [3.8, 4) is 39.1 Å². The van der Waals surface area contributed by atoms with Crippen LogP contribution in [0.2, 0.25) is 0 Å². The lowest BCUT2D eigenvalue weighted by Crippen LogP contribution is -1.99. The van der Waals surface area contributed by atoms with E-state index < -0.39 is 0 Å². The maximum absolute atomic E-state index is 2.49. The van der Waals surface area contributed by atoms with Crippen molar-refractivity contribution in [1.29, 1.82) is 0 Å². The molecule has 1 aromatic heterocycles. The molecule has 10 rings (SSSR count). The van der Waals surface area contributed by atoms with Gasteiger partial charge in [-0.05, 0) is 68.9 Å². The van der Waals surface area contributed by atoms with Crippen LogP contribution in [0.5, 0.6) is 0 Å². The van der Waals surface area contributed by atoms with Gasteiger partial charge in [0.15, 0.2) is 0 Å². The molecule has 0 N–H and O–H groups in total. The van der Waals surface area contributed by atoms with E-state index in [2.05, 4.69) is 168 Å². The summed E-state index contributed by atoms with van der Waals surface area (Å²) in [6.45, 7) is 0. The lowest BCUT2D eigenvalue weighted by Gasteiger charge is -2.22. The normalized spacial score (nSPS) is 12.3. The van der Waals surface area contributed by atoms with Crippen molar-refractivity contribution >= 4 is 55.1 Å². The van der Waals surface area contributed by atoms with Gasteiger partial charge in [0, 0.05) is 36.9 Å². The maximum atomic E-state index is 2.49. The van der Waals surface area contributed by atoms with Crippen LogP contribution >= 0.6 is 11.8 Å². The number of fused-ring (bicyclic) bond motifs is 7. The highest BCUT2D eigenvalue weighted by molar-refractivity contribution is 7.99. The van der Waals surface area contributed by atoms with Crippen LogP contribution in [0.1, 0.15) is 0 Å². The molecule has 1 nitrogen and oxygen atoms in total. The number of para-hydroxylation sites is 2. The van der Waals surface area contributed by atoms with E-state index >= 15 is 0 Å². The molecule has 0 saturated carbocycles. The van der Waals surface area contributed by atoms with E-state index in [1.165, 1.54) is 92.2 Å². The Kier molecular flexibility index (Phi) is 5.58. The van der Waals surface area contributed by atoms with E-state index in [1.807, 2.05) is 11.8 Å². The molecule has 8 aromatic carbocycles. The zero-order valence-corrected chi connectivity index (χ0v) is 25.8. The Hall–Kier alpha value is -5.57. The number of hydrogen-bond donors (Lipinski definition) is 0. The summed E-state index contributed by atoms with van der Waals surface area (Å²) in [6, 6.07) is 60.2. The molecule has 2 heterocycles. The van der Waals surface area contributed by atoms with Crippen LogP contribution in [-0.4, -0.2) is 4.57 Å². The molecule has 214 valence electrons. The lowest BCUT2D eigenvalue weighted by atomic mass is 9.90. The van der Waals surface area contributed by atoms with Crippen molar-refractivity contribution < 1.29 is 0 Å². The first-order valence-corrected chi connectivity index (χ1v) is 16.6. The number of benzene rings is 8. The summed E-state index contributed by atoms with van der Waals surface area (Å²) in [6.07, 6.45) is 0. The maximum Gasteiger partial charge on any atom is 0.0619 e. The Morgan fingerprint density at radius 1 is 0.391 bits per heavy atom. The molecule has 0 bridgehead atoms. The molecule has 0 radical (unpaired) electrons. The minimum absolute atomic E-state index is 1.18. The number of nitrogens with zero attached hydrogens (tertiary/aromatic N) is 1. The van der Waals surface area contributed by atoms with Gasteiger partial charge >= 0.3 is 0 Å². The molecule has 0 fully saturated rings. The van der Waals surface area contributed by atoms with E-state index in [0.717, 1.165) is 0 Å². The van der Waals surface area contributed by atoms with Gasteiger partial charge in [-0.25, -0.2) is 0 Å². The van der Waals surface area contributed by atoms with Crippen molar-refractivity contribution in [3.05, 3.63) is 164 Å². The SMILES string of the molecule is c1ccc(-c2ccccc2-n2c3ccccc3c3ccc4ccccc4c32)c(-c2ccc3c(c2)-c2cccc4cccc(c24)S3)c1. The van der Waals surface area contributed by atoms with Crippen molar-refractivity contribution in [2.75, 3.05) is 0 Å². The predicted octanol–water partition coefficient (Wildman–Crippen LogP) is 12.6. The number of rotatable bonds is 3. The van der Waals surface area contributed by atoms with Gasteiger partial charge in [-0.15, -0.1) is 0 Å². The molecule has 46 heavy (non-hydrogen) atoms. The standard InChI is InChI=1S/C44H27NS/c1-2-15-32-28(11-1)23-25-37-35-18-6-8-21-40(35)45(44(32)37)39-20-7-5-17-34(39)33-16-4-3-14-31(33)30-24-26-41-38(27-30)36-19-9-12-29-13-10-22-42(46-41)43(29)36/h1-27H. The summed E-state index contributed by atoms with van der Waals surface area (Å²) >= 11 is 1.88. The number of hydrogen-bond acceptors (Lipinski definition) is 1. The van der Waals surface area contributed by atoms with Gasteiger partial charge in [-0.2, -0.15) is 0 Å². The second-order valence-corrected chi connectivity index (χ2v) is 13.2. The fourth-order valence-corrected chi connectivity index (χ4v) is 8.71. The molecule has 0 amide bonds. The largest absolute Gasteiger partial charge is 0.308 e. The van der Waals surface area contributed by atoms with Crippen LogP contribution in [0.25, 0.3) is 82.4 Å². The van der Waals surface area contributed by atoms with Crippen LogP contribution in [0.3, 0.4) is 0 Å². The minimum Gasteiger partial charge on any atom is -0.308 e. The van der Waals surface area contributed by atoms with E-state index in [-0.39, 0.29) is 0 Å². The molecular formula is C44H27NS. The van der Waals surface area contributed by atoms with E-state index in [0.29, 0.717) is 0 Å². The third kappa shape index (κ3) is 3.71.